The van der Waals surface area contributed by atoms with Crippen LogP contribution in [0.4, 0.5) is 11.4 Å². The summed E-state index contributed by atoms with van der Waals surface area (Å²) < 4.78 is 10.7. The molecule has 0 fully saturated rings. The standard InChI is InChI=1S/C38H32ClN3O5S/c1-46-33-22-17-25(24-34(33)47-2)23-32(42-36(43)27-13-7-4-8-14-27)37(44)40-28-18-20-29(21-19-28)48-35(26-11-5-3-6-12-26)38(45)41-31-16-10-9-15-30(31)39/h3-24,35H,1-2H3,(H,40,44)(H,41,45)(H,42,43)/b32-23-. The Kier molecular flexibility index (Phi) is 11.5. The molecule has 0 radical (unpaired) electrons. The smallest absolute Gasteiger partial charge is 0.272 e. The fraction of sp³-hybridized carbons (Fsp3) is 0.0789. The zero-order chi connectivity index (χ0) is 33.9. The first-order chi connectivity index (χ1) is 23.3. The van der Waals surface area contributed by atoms with Crippen LogP contribution in [-0.4, -0.2) is 31.9 Å². The lowest BCUT2D eigenvalue weighted by Crippen LogP contribution is -2.30. The zero-order valence-corrected chi connectivity index (χ0v) is 27.7. The molecule has 0 aromatic heterocycles. The SMILES string of the molecule is COc1ccc(/C=C(\NC(=O)c2ccccc2)C(=O)Nc2ccc(SC(C(=O)Nc3ccccc3Cl)c3ccccc3)cc2)cc1OC. The molecule has 1 unspecified atom stereocenters. The molecule has 5 aromatic rings. The molecule has 48 heavy (non-hydrogen) atoms. The summed E-state index contributed by atoms with van der Waals surface area (Å²) in [5, 5.41) is 8.41. The van der Waals surface area contributed by atoms with Gasteiger partial charge in [0.25, 0.3) is 11.8 Å². The van der Waals surface area contributed by atoms with Gasteiger partial charge in [-0.05, 0) is 77.9 Å². The molecule has 1 atom stereocenters. The minimum absolute atomic E-state index is 0.0231. The Morgan fingerprint density at radius 1 is 0.729 bits per heavy atom. The van der Waals surface area contributed by atoms with Crippen molar-refractivity contribution in [2.75, 3.05) is 24.9 Å². The Balaban J connectivity index is 1.35. The first kappa shape index (κ1) is 33.8. The summed E-state index contributed by atoms with van der Waals surface area (Å²) in [6.45, 7) is 0. The predicted molar refractivity (Wildman–Crippen MR) is 192 cm³/mol. The van der Waals surface area contributed by atoms with Crippen molar-refractivity contribution in [3.8, 4) is 11.5 Å². The fourth-order valence-electron chi connectivity index (χ4n) is 4.66. The van der Waals surface area contributed by atoms with Gasteiger partial charge in [0, 0.05) is 16.1 Å². The third kappa shape index (κ3) is 8.85. The maximum absolute atomic E-state index is 13.6. The molecule has 5 rings (SSSR count). The third-order valence-electron chi connectivity index (χ3n) is 7.09. The van der Waals surface area contributed by atoms with E-state index in [9.17, 15) is 14.4 Å². The van der Waals surface area contributed by atoms with Gasteiger partial charge in [0.05, 0.1) is 24.9 Å². The number of anilines is 2. The fourth-order valence-corrected chi connectivity index (χ4v) is 5.87. The Hall–Kier alpha value is -5.51. The molecule has 0 heterocycles. The van der Waals surface area contributed by atoms with E-state index in [1.165, 1.54) is 26.0 Å². The first-order valence-electron chi connectivity index (χ1n) is 14.8. The molecule has 3 N–H and O–H groups in total. The van der Waals surface area contributed by atoms with Crippen LogP contribution < -0.4 is 25.4 Å². The number of thioether (sulfide) groups is 1. The zero-order valence-electron chi connectivity index (χ0n) is 26.1. The summed E-state index contributed by atoms with van der Waals surface area (Å²) in [7, 11) is 3.05. The molecule has 242 valence electrons. The van der Waals surface area contributed by atoms with Crippen LogP contribution >= 0.6 is 23.4 Å². The number of hydrogen-bond donors (Lipinski definition) is 3. The second-order valence-corrected chi connectivity index (χ2v) is 11.9. The van der Waals surface area contributed by atoms with Crippen LogP contribution in [0.1, 0.15) is 26.7 Å². The minimum Gasteiger partial charge on any atom is -0.493 e. The number of carbonyl (C=O) groups is 3. The topological polar surface area (TPSA) is 106 Å². The number of methoxy groups -OCH3 is 2. The van der Waals surface area contributed by atoms with Gasteiger partial charge in [-0.2, -0.15) is 0 Å². The lowest BCUT2D eigenvalue weighted by molar-refractivity contribution is -0.116. The highest BCUT2D eigenvalue weighted by Gasteiger charge is 2.23. The van der Waals surface area contributed by atoms with E-state index in [0.29, 0.717) is 39.0 Å². The van der Waals surface area contributed by atoms with Crippen LogP contribution in [0.15, 0.2) is 138 Å². The van der Waals surface area contributed by atoms with Crippen LogP contribution in [0.5, 0.6) is 11.5 Å². The van der Waals surface area contributed by atoms with Crippen LogP contribution in [0, 0.1) is 0 Å². The van der Waals surface area contributed by atoms with Crippen molar-refractivity contribution in [2.45, 2.75) is 10.1 Å². The van der Waals surface area contributed by atoms with Crippen molar-refractivity contribution in [2.24, 2.45) is 0 Å². The summed E-state index contributed by atoms with van der Waals surface area (Å²) in [6.07, 6.45) is 1.56. The van der Waals surface area contributed by atoms with Gasteiger partial charge in [-0.15, -0.1) is 11.8 Å². The number of hydrogen-bond acceptors (Lipinski definition) is 6. The van der Waals surface area contributed by atoms with E-state index >= 15 is 0 Å². The normalized spacial score (nSPS) is 11.6. The summed E-state index contributed by atoms with van der Waals surface area (Å²) in [4.78, 5) is 40.9. The van der Waals surface area contributed by atoms with Gasteiger partial charge in [0.2, 0.25) is 5.91 Å². The number of halogens is 1. The highest BCUT2D eigenvalue weighted by Crippen LogP contribution is 2.37. The van der Waals surface area contributed by atoms with E-state index < -0.39 is 17.1 Å². The maximum atomic E-state index is 13.6. The quantitative estimate of drug-likeness (QED) is 0.0908. The molecule has 8 nitrogen and oxygen atoms in total. The van der Waals surface area contributed by atoms with Gasteiger partial charge < -0.3 is 25.4 Å². The average Bonchev–Trinajstić information content (AvgIpc) is 3.12. The van der Waals surface area contributed by atoms with E-state index in [-0.39, 0.29) is 11.6 Å². The number of amides is 3. The van der Waals surface area contributed by atoms with Crippen molar-refractivity contribution in [3.63, 3.8) is 0 Å². The van der Waals surface area contributed by atoms with Crippen LogP contribution in [0.3, 0.4) is 0 Å². The van der Waals surface area contributed by atoms with E-state index in [1.807, 2.05) is 42.5 Å². The average molecular weight is 678 g/mol. The predicted octanol–water partition coefficient (Wildman–Crippen LogP) is 8.24. The van der Waals surface area contributed by atoms with E-state index in [0.717, 1.165) is 10.5 Å². The first-order valence-corrected chi connectivity index (χ1v) is 16.1. The lowest BCUT2D eigenvalue weighted by Gasteiger charge is -2.18. The van der Waals surface area contributed by atoms with Crippen LogP contribution in [0.2, 0.25) is 5.02 Å². The Bertz CT molecular complexity index is 1920. The van der Waals surface area contributed by atoms with Gasteiger partial charge in [-0.3, -0.25) is 14.4 Å². The minimum atomic E-state index is -0.577. The molecule has 5 aromatic carbocycles. The van der Waals surface area contributed by atoms with Gasteiger partial charge in [0.1, 0.15) is 10.9 Å². The number of benzene rings is 5. The van der Waals surface area contributed by atoms with Gasteiger partial charge in [-0.1, -0.05) is 78.3 Å². The molecule has 0 aliphatic rings. The summed E-state index contributed by atoms with van der Waals surface area (Å²) >= 11 is 7.66. The van der Waals surface area contributed by atoms with Gasteiger partial charge in [0.15, 0.2) is 11.5 Å². The van der Waals surface area contributed by atoms with E-state index in [4.69, 9.17) is 21.1 Å². The highest BCUT2D eigenvalue weighted by molar-refractivity contribution is 8.00. The van der Waals surface area contributed by atoms with Gasteiger partial charge in [-0.25, -0.2) is 0 Å². The lowest BCUT2D eigenvalue weighted by atomic mass is 10.1. The van der Waals surface area contributed by atoms with E-state index in [2.05, 4.69) is 16.0 Å². The van der Waals surface area contributed by atoms with Crippen molar-refractivity contribution in [3.05, 3.63) is 155 Å². The monoisotopic (exact) mass is 677 g/mol. The molecule has 0 bridgehead atoms. The van der Waals surface area contributed by atoms with Crippen molar-refractivity contribution in [1.29, 1.82) is 0 Å². The Morgan fingerprint density at radius 3 is 2.04 bits per heavy atom. The number of nitrogens with one attached hydrogen (secondary N) is 3. The molecule has 0 spiro atoms. The molecule has 0 aliphatic heterocycles. The maximum Gasteiger partial charge on any atom is 0.272 e. The Morgan fingerprint density at radius 2 is 1.38 bits per heavy atom. The summed E-state index contributed by atoms with van der Waals surface area (Å²) in [5.74, 6) is -0.191. The molecule has 10 heteroatoms. The summed E-state index contributed by atoms with van der Waals surface area (Å²) in [6, 6.07) is 37.4. The number of carbonyl (C=O) groups excluding carboxylic acids is 3. The number of rotatable bonds is 12. The van der Waals surface area contributed by atoms with Crippen molar-refractivity contribution >= 4 is 58.5 Å². The van der Waals surface area contributed by atoms with Gasteiger partial charge >= 0.3 is 0 Å². The third-order valence-corrected chi connectivity index (χ3v) is 8.68. The van der Waals surface area contributed by atoms with Crippen molar-refractivity contribution < 1.29 is 23.9 Å². The molecule has 0 saturated carbocycles. The number of para-hydroxylation sites is 1. The number of ether oxygens (including phenoxy) is 2. The molecule has 3 amide bonds. The van der Waals surface area contributed by atoms with E-state index in [1.54, 1.807) is 91.0 Å². The van der Waals surface area contributed by atoms with Crippen molar-refractivity contribution in [1.82, 2.24) is 5.32 Å². The van der Waals surface area contributed by atoms with Crippen LogP contribution in [-0.2, 0) is 9.59 Å². The molecular formula is C38H32ClN3O5S. The van der Waals surface area contributed by atoms with Crippen LogP contribution in [0.25, 0.3) is 6.08 Å². The largest absolute Gasteiger partial charge is 0.493 e. The molecule has 0 saturated heterocycles. The molecular weight excluding hydrogens is 646 g/mol. The highest BCUT2D eigenvalue weighted by atomic mass is 35.5. The second kappa shape index (κ2) is 16.4. The second-order valence-electron chi connectivity index (χ2n) is 10.3. The summed E-state index contributed by atoms with van der Waals surface area (Å²) in [5.41, 5.74) is 2.88. The Labute approximate surface area is 288 Å². The molecule has 0 aliphatic carbocycles.